The summed E-state index contributed by atoms with van der Waals surface area (Å²) in [7, 11) is 0. The highest BCUT2D eigenvalue weighted by Crippen LogP contribution is 2.36. The van der Waals surface area contributed by atoms with Gasteiger partial charge in [-0.25, -0.2) is 0 Å². The Morgan fingerprint density at radius 2 is 1.86 bits per heavy atom. The SMILES string of the molecule is CCN1C[C@@H]2C[C@H]1CN2C(C)(C)CC. The highest BCUT2D eigenvalue weighted by Gasteiger charge is 2.46. The molecular formula is C12H24N2. The molecule has 0 unspecified atom stereocenters. The summed E-state index contributed by atoms with van der Waals surface area (Å²) in [5.41, 5.74) is 0.416. The number of rotatable bonds is 3. The van der Waals surface area contributed by atoms with Crippen LogP contribution in [0.5, 0.6) is 0 Å². The maximum absolute atomic E-state index is 2.74. The summed E-state index contributed by atoms with van der Waals surface area (Å²) in [6, 6.07) is 1.70. The van der Waals surface area contributed by atoms with Crippen LogP contribution in [-0.4, -0.2) is 47.1 Å². The number of piperazine rings is 1. The predicted molar refractivity (Wildman–Crippen MR) is 60.5 cm³/mol. The fourth-order valence-corrected chi connectivity index (χ4v) is 3.08. The van der Waals surface area contributed by atoms with Gasteiger partial charge in [0, 0.05) is 30.7 Å². The molecule has 0 aromatic heterocycles. The van der Waals surface area contributed by atoms with E-state index in [2.05, 4.69) is 37.5 Å². The van der Waals surface area contributed by atoms with E-state index in [1.807, 2.05) is 0 Å². The molecule has 2 atom stereocenters. The fraction of sp³-hybridized carbons (Fsp3) is 1.00. The van der Waals surface area contributed by atoms with E-state index in [9.17, 15) is 0 Å². The quantitative estimate of drug-likeness (QED) is 0.681. The molecule has 0 radical (unpaired) electrons. The lowest BCUT2D eigenvalue weighted by atomic mass is 9.98. The summed E-state index contributed by atoms with van der Waals surface area (Å²) in [5.74, 6) is 0. The van der Waals surface area contributed by atoms with Crippen molar-refractivity contribution in [2.45, 2.75) is 58.2 Å². The van der Waals surface area contributed by atoms with Gasteiger partial charge in [-0.1, -0.05) is 13.8 Å². The first-order valence-electron chi connectivity index (χ1n) is 6.09. The van der Waals surface area contributed by atoms with Crippen LogP contribution in [0.3, 0.4) is 0 Å². The summed E-state index contributed by atoms with van der Waals surface area (Å²) in [6.07, 6.45) is 2.68. The van der Waals surface area contributed by atoms with Crippen LogP contribution in [0.4, 0.5) is 0 Å². The molecule has 0 aromatic carbocycles. The van der Waals surface area contributed by atoms with Gasteiger partial charge in [-0.15, -0.1) is 0 Å². The number of fused-ring (bicyclic) bond motifs is 2. The lowest BCUT2D eigenvalue weighted by molar-refractivity contribution is 0.0470. The molecule has 0 amide bonds. The Hall–Kier alpha value is -0.0800. The average molecular weight is 196 g/mol. The van der Waals surface area contributed by atoms with E-state index in [0.717, 1.165) is 12.1 Å². The van der Waals surface area contributed by atoms with Crippen LogP contribution in [0.2, 0.25) is 0 Å². The highest BCUT2D eigenvalue weighted by molar-refractivity contribution is 5.03. The molecule has 2 nitrogen and oxygen atoms in total. The molecule has 2 aliphatic rings. The van der Waals surface area contributed by atoms with E-state index in [1.165, 1.54) is 32.5 Å². The van der Waals surface area contributed by atoms with E-state index in [1.54, 1.807) is 0 Å². The summed E-state index contributed by atoms with van der Waals surface area (Å²) < 4.78 is 0. The first-order chi connectivity index (χ1) is 6.58. The Morgan fingerprint density at radius 1 is 1.14 bits per heavy atom. The predicted octanol–water partition coefficient (Wildman–Crippen LogP) is 1.95. The van der Waals surface area contributed by atoms with Crippen LogP contribution in [0.15, 0.2) is 0 Å². The molecule has 0 spiro atoms. The Labute approximate surface area is 88.3 Å². The standard InChI is InChI=1S/C12H24N2/c1-5-12(3,4)14-9-10-7-11(14)8-13(10)6-2/h10-11H,5-9H2,1-4H3/t10-,11-/m0/s1. The van der Waals surface area contributed by atoms with Gasteiger partial charge in [0.15, 0.2) is 0 Å². The van der Waals surface area contributed by atoms with E-state index >= 15 is 0 Å². The van der Waals surface area contributed by atoms with Crippen LogP contribution >= 0.6 is 0 Å². The Bertz CT molecular complexity index is 212. The molecule has 2 heteroatoms. The minimum atomic E-state index is 0.416. The molecule has 2 heterocycles. The van der Waals surface area contributed by atoms with Crippen molar-refractivity contribution in [3.8, 4) is 0 Å². The first kappa shape index (κ1) is 10.4. The van der Waals surface area contributed by atoms with Crippen LogP contribution in [-0.2, 0) is 0 Å². The summed E-state index contributed by atoms with van der Waals surface area (Å²) in [6.45, 7) is 13.2. The zero-order chi connectivity index (χ0) is 10.3. The molecule has 0 aromatic rings. The van der Waals surface area contributed by atoms with Gasteiger partial charge in [0.1, 0.15) is 0 Å². The minimum Gasteiger partial charge on any atom is -0.298 e. The second kappa shape index (κ2) is 3.49. The molecular weight excluding hydrogens is 172 g/mol. The maximum atomic E-state index is 2.74. The second-order valence-corrected chi connectivity index (χ2v) is 5.45. The van der Waals surface area contributed by atoms with Gasteiger partial charge in [0.2, 0.25) is 0 Å². The molecule has 2 bridgehead atoms. The Kier molecular flexibility index (Phi) is 2.61. The molecule has 2 saturated heterocycles. The van der Waals surface area contributed by atoms with E-state index in [-0.39, 0.29) is 0 Å². The third-order valence-electron chi connectivity index (χ3n) is 4.40. The van der Waals surface area contributed by atoms with Gasteiger partial charge in [-0.2, -0.15) is 0 Å². The third kappa shape index (κ3) is 1.49. The van der Waals surface area contributed by atoms with Gasteiger partial charge in [-0.3, -0.25) is 9.80 Å². The largest absolute Gasteiger partial charge is 0.298 e. The van der Waals surface area contributed by atoms with Crippen molar-refractivity contribution < 1.29 is 0 Å². The van der Waals surface area contributed by atoms with Gasteiger partial charge < -0.3 is 0 Å². The van der Waals surface area contributed by atoms with Crippen LogP contribution in [0.1, 0.15) is 40.5 Å². The number of nitrogens with zero attached hydrogens (tertiary/aromatic N) is 2. The van der Waals surface area contributed by atoms with Crippen molar-refractivity contribution in [2.24, 2.45) is 0 Å². The topological polar surface area (TPSA) is 6.48 Å². The fourth-order valence-electron chi connectivity index (χ4n) is 3.08. The molecule has 0 saturated carbocycles. The van der Waals surface area contributed by atoms with Crippen LogP contribution in [0.25, 0.3) is 0 Å². The number of likely N-dealkylation sites (tertiary alicyclic amines) is 2. The normalized spacial score (nSPS) is 34.3. The van der Waals surface area contributed by atoms with Crippen molar-refractivity contribution in [3.05, 3.63) is 0 Å². The monoisotopic (exact) mass is 196 g/mol. The average Bonchev–Trinajstić information content (AvgIpc) is 2.75. The molecule has 0 aliphatic carbocycles. The number of likely N-dealkylation sites (N-methyl/N-ethyl adjacent to an activating group) is 1. The van der Waals surface area contributed by atoms with Gasteiger partial charge in [0.05, 0.1) is 0 Å². The molecule has 14 heavy (non-hydrogen) atoms. The van der Waals surface area contributed by atoms with Gasteiger partial charge >= 0.3 is 0 Å². The lowest BCUT2D eigenvalue weighted by Gasteiger charge is -2.43. The summed E-state index contributed by atoms with van der Waals surface area (Å²) in [5, 5.41) is 0. The third-order valence-corrected chi connectivity index (χ3v) is 4.40. The number of hydrogen-bond acceptors (Lipinski definition) is 2. The zero-order valence-corrected chi connectivity index (χ0v) is 10.1. The molecule has 2 rings (SSSR count). The van der Waals surface area contributed by atoms with E-state index in [0.29, 0.717) is 5.54 Å². The molecule has 2 aliphatic heterocycles. The Morgan fingerprint density at radius 3 is 2.29 bits per heavy atom. The highest BCUT2D eigenvalue weighted by atomic mass is 15.4. The van der Waals surface area contributed by atoms with Crippen molar-refractivity contribution in [3.63, 3.8) is 0 Å². The van der Waals surface area contributed by atoms with Crippen LogP contribution in [0, 0.1) is 0 Å². The van der Waals surface area contributed by atoms with Crippen LogP contribution < -0.4 is 0 Å². The van der Waals surface area contributed by atoms with E-state index < -0.39 is 0 Å². The van der Waals surface area contributed by atoms with Crippen molar-refractivity contribution in [1.29, 1.82) is 0 Å². The van der Waals surface area contributed by atoms with Crippen molar-refractivity contribution in [1.82, 2.24) is 9.80 Å². The number of hydrogen-bond donors (Lipinski definition) is 0. The smallest absolute Gasteiger partial charge is 0.0244 e. The van der Waals surface area contributed by atoms with E-state index in [4.69, 9.17) is 0 Å². The Balaban J connectivity index is 2.03. The molecule has 0 N–H and O–H groups in total. The zero-order valence-electron chi connectivity index (χ0n) is 10.1. The lowest BCUT2D eigenvalue weighted by Crippen LogP contribution is -2.54. The summed E-state index contributed by atoms with van der Waals surface area (Å²) in [4.78, 5) is 5.39. The van der Waals surface area contributed by atoms with Gasteiger partial charge in [-0.05, 0) is 33.2 Å². The van der Waals surface area contributed by atoms with Crippen molar-refractivity contribution >= 4 is 0 Å². The van der Waals surface area contributed by atoms with Crippen molar-refractivity contribution in [2.75, 3.05) is 19.6 Å². The minimum absolute atomic E-state index is 0.416. The molecule has 2 fully saturated rings. The maximum Gasteiger partial charge on any atom is 0.0244 e. The second-order valence-electron chi connectivity index (χ2n) is 5.45. The van der Waals surface area contributed by atoms with Gasteiger partial charge in [0.25, 0.3) is 0 Å². The molecule has 82 valence electrons. The first-order valence-corrected chi connectivity index (χ1v) is 6.09. The summed E-state index contributed by atoms with van der Waals surface area (Å²) >= 11 is 0.